The first-order valence-electron chi connectivity index (χ1n) is 16.0. The molecule has 6 rings (SSSR count). The van der Waals surface area contributed by atoms with Crippen molar-refractivity contribution in [1.82, 2.24) is 5.32 Å². The number of thioether (sulfide) groups is 1. The van der Waals surface area contributed by atoms with Gasteiger partial charge in [0.2, 0.25) is 5.91 Å². The van der Waals surface area contributed by atoms with Gasteiger partial charge in [0.1, 0.15) is 28.3 Å². The minimum atomic E-state index is -0.628. The fourth-order valence-electron chi connectivity index (χ4n) is 4.99. The van der Waals surface area contributed by atoms with Crippen LogP contribution in [0, 0.1) is 5.82 Å². The molecule has 3 amide bonds. The van der Waals surface area contributed by atoms with Crippen molar-refractivity contribution in [3.63, 3.8) is 0 Å². The van der Waals surface area contributed by atoms with Gasteiger partial charge >= 0.3 is 0 Å². The smallest absolute Gasteiger partial charge is 0.272 e. The molecule has 6 aromatic rings. The van der Waals surface area contributed by atoms with E-state index in [1.807, 2.05) is 66.7 Å². The summed E-state index contributed by atoms with van der Waals surface area (Å²) in [5.74, 6) is -0.353. The van der Waals surface area contributed by atoms with Gasteiger partial charge in [0.15, 0.2) is 0 Å². The zero-order chi connectivity index (χ0) is 35.4. The Morgan fingerprint density at radius 2 is 1.25 bits per heavy atom. The van der Waals surface area contributed by atoms with Crippen molar-refractivity contribution in [3.05, 3.63) is 192 Å². The Kier molecular flexibility index (Phi) is 11.3. The Hall–Kier alpha value is -6.45. The number of ether oxygens (including phenoxy) is 1. The van der Waals surface area contributed by atoms with Crippen molar-refractivity contribution in [2.45, 2.75) is 10.1 Å². The Labute approximate surface area is 299 Å². The van der Waals surface area contributed by atoms with Crippen molar-refractivity contribution in [3.8, 4) is 11.5 Å². The molecule has 0 heterocycles. The number of hydrogen-bond donors (Lipinski definition) is 3. The van der Waals surface area contributed by atoms with Crippen LogP contribution >= 0.6 is 11.8 Å². The summed E-state index contributed by atoms with van der Waals surface area (Å²) < 4.78 is 19.5. The number of amides is 3. The van der Waals surface area contributed by atoms with Crippen LogP contribution in [0.15, 0.2) is 174 Å². The summed E-state index contributed by atoms with van der Waals surface area (Å²) in [4.78, 5) is 41.1. The normalized spacial score (nSPS) is 11.6. The molecule has 0 spiro atoms. The average molecular weight is 694 g/mol. The Morgan fingerprint density at radius 3 is 1.94 bits per heavy atom. The van der Waals surface area contributed by atoms with Gasteiger partial charge in [-0.2, -0.15) is 0 Å². The standard InChI is InChI=1S/C42H32FN3O4S/c43-32-21-19-29(20-22-32)27-38(46-40(47)31-13-6-2-7-14-31)41(48)45-34-15-10-18-37(28-34)51-39(30-11-4-1-5-12-30)42(49)44-33-23-25-36(26-24-33)50-35-16-8-3-9-17-35/h1-28,39H,(H,44,49)(H,45,48)(H,46,47)/b38-27-. The van der Waals surface area contributed by atoms with Crippen molar-refractivity contribution in [1.29, 1.82) is 0 Å². The van der Waals surface area contributed by atoms with Crippen LogP contribution in [0.1, 0.15) is 26.7 Å². The molecular weight excluding hydrogens is 662 g/mol. The average Bonchev–Trinajstić information content (AvgIpc) is 3.16. The van der Waals surface area contributed by atoms with Gasteiger partial charge in [-0.05, 0) is 96.1 Å². The summed E-state index contributed by atoms with van der Waals surface area (Å²) in [6.45, 7) is 0. The van der Waals surface area contributed by atoms with E-state index in [0.717, 1.165) is 10.5 Å². The second-order valence-corrected chi connectivity index (χ2v) is 12.4. The molecule has 0 saturated heterocycles. The van der Waals surface area contributed by atoms with Crippen LogP contribution in [0.3, 0.4) is 0 Å². The fraction of sp³-hybridized carbons (Fsp3) is 0.0238. The summed E-state index contributed by atoms with van der Waals surface area (Å²) in [5, 5.41) is 7.93. The number of benzene rings is 6. The van der Waals surface area contributed by atoms with Crippen LogP contribution in [0.2, 0.25) is 0 Å². The predicted octanol–water partition coefficient (Wildman–Crippen LogP) is 9.50. The molecule has 0 saturated carbocycles. The monoisotopic (exact) mass is 693 g/mol. The number of halogens is 1. The highest BCUT2D eigenvalue weighted by Gasteiger charge is 2.23. The van der Waals surface area contributed by atoms with E-state index in [9.17, 15) is 18.8 Å². The molecule has 7 nitrogen and oxygen atoms in total. The van der Waals surface area contributed by atoms with E-state index in [1.165, 1.54) is 42.1 Å². The Balaban J connectivity index is 1.18. The van der Waals surface area contributed by atoms with Crippen LogP contribution in [0.25, 0.3) is 6.08 Å². The Bertz CT molecular complexity index is 2130. The molecule has 0 aromatic heterocycles. The molecule has 0 aliphatic heterocycles. The van der Waals surface area contributed by atoms with Crippen molar-refractivity contribution < 1.29 is 23.5 Å². The number of hydrogen-bond acceptors (Lipinski definition) is 5. The number of carbonyl (C=O) groups excluding carboxylic acids is 3. The summed E-state index contributed by atoms with van der Waals surface area (Å²) >= 11 is 1.33. The number of nitrogens with one attached hydrogen (secondary N) is 3. The van der Waals surface area contributed by atoms with Crippen molar-refractivity contribution in [2.75, 3.05) is 10.6 Å². The molecule has 0 fully saturated rings. The summed E-state index contributed by atoms with van der Waals surface area (Å²) in [7, 11) is 0. The molecule has 1 unspecified atom stereocenters. The number of para-hydroxylation sites is 1. The van der Waals surface area contributed by atoms with Crippen LogP contribution < -0.4 is 20.7 Å². The second-order valence-electron chi connectivity index (χ2n) is 11.2. The lowest BCUT2D eigenvalue weighted by molar-refractivity contribution is -0.116. The SMILES string of the molecule is O=C(Nc1cccc(SC(C(=O)Nc2ccc(Oc3ccccc3)cc2)c2ccccc2)c1)/C(=C/c1ccc(F)cc1)NC(=O)c1ccccc1. The highest BCUT2D eigenvalue weighted by Crippen LogP contribution is 2.37. The van der Waals surface area contributed by atoms with Crippen LogP contribution in [0.5, 0.6) is 11.5 Å². The summed E-state index contributed by atoms with van der Waals surface area (Å²) in [6, 6.07) is 47.2. The van der Waals surface area contributed by atoms with E-state index in [2.05, 4.69) is 16.0 Å². The van der Waals surface area contributed by atoms with Gasteiger partial charge in [0.05, 0.1) is 0 Å². The van der Waals surface area contributed by atoms with Gasteiger partial charge in [-0.25, -0.2) is 4.39 Å². The third kappa shape index (κ3) is 9.81. The lowest BCUT2D eigenvalue weighted by atomic mass is 10.1. The largest absolute Gasteiger partial charge is 0.457 e. The first-order valence-corrected chi connectivity index (χ1v) is 16.9. The molecule has 51 heavy (non-hydrogen) atoms. The van der Waals surface area contributed by atoms with E-state index in [1.54, 1.807) is 72.8 Å². The molecule has 0 aliphatic carbocycles. The van der Waals surface area contributed by atoms with Crippen molar-refractivity contribution in [2.24, 2.45) is 0 Å². The van der Waals surface area contributed by atoms with Gasteiger partial charge in [0.25, 0.3) is 11.8 Å². The fourth-order valence-corrected chi connectivity index (χ4v) is 6.07. The van der Waals surface area contributed by atoms with Gasteiger partial charge in [0, 0.05) is 21.8 Å². The van der Waals surface area contributed by atoms with Gasteiger partial charge in [-0.15, -0.1) is 11.8 Å². The molecule has 0 bridgehead atoms. The number of rotatable bonds is 12. The lowest BCUT2D eigenvalue weighted by Gasteiger charge is -2.18. The van der Waals surface area contributed by atoms with Crippen LogP contribution in [0.4, 0.5) is 15.8 Å². The minimum Gasteiger partial charge on any atom is -0.457 e. The minimum absolute atomic E-state index is 0.0322. The van der Waals surface area contributed by atoms with Crippen LogP contribution in [-0.4, -0.2) is 17.7 Å². The van der Waals surface area contributed by atoms with E-state index in [4.69, 9.17) is 4.74 Å². The topological polar surface area (TPSA) is 96.5 Å². The van der Waals surface area contributed by atoms with Crippen LogP contribution in [-0.2, 0) is 9.59 Å². The molecule has 252 valence electrons. The van der Waals surface area contributed by atoms with E-state index in [0.29, 0.717) is 34.0 Å². The highest BCUT2D eigenvalue weighted by atomic mass is 32.2. The zero-order valence-electron chi connectivity index (χ0n) is 27.2. The molecule has 9 heteroatoms. The lowest BCUT2D eigenvalue weighted by Crippen LogP contribution is -2.30. The Morgan fingerprint density at radius 1 is 0.627 bits per heavy atom. The predicted molar refractivity (Wildman–Crippen MR) is 200 cm³/mol. The summed E-state index contributed by atoms with van der Waals surface area (Å²) in [5.41, 5.74) is 2.72. The van der Waals surface area contributed by atoms with E-state index >= 15 is 0 Å². The molecule has 1 atom stereocenters. The second kappa shape index (κ2) is 16.8. The van der Waals surface area contributed by atoms with Gasteiger partial charge < -0.3 is 20.7 Å². The van der Waals surface area contributed by atoms with Crippen molar-refractivity contribution >= 4 is 46.9 Å². The summed E-state index contributed by atoms with van der Waals surface area (Å²) in [6.07, 6.45) is 1.48. The third-order valence-electron chi connectivity index (χ3n) is 7.50. The van der Waals surface area contributed by atoms with Gasteiger partial charge in [-0.1, -0.05) is 84.9 Å². The molecule has 3 N–H and O–H groups in total. The molecular formula is C42H32FN3O4S. The first-order chi connectivity index (χ1) is 24.9. The number of anilines is 2. The molecule has 6 aromatic carbocycles. The zero-order valence-corrected chi connectivity index (χ0v) is 28.0. The number of carbonyl (C=O) groups is 3. The van der Waals surface area contributed by atoms with E-state index < -0.39 is 22.9 Å². The highest BCUT2D eigenvalue weighted by molar-refractivity contribution is 8.00. The quantitative estimate of drug-likeness (QED) is 0.0877. The first kappa shape index (κ1) is 34.4. The third-order valence-corrected chi connectivity index (χ3v) is 8.74. The molecule has 0 radical (unpaired) electrons. The maximum atomic E-state index is 13.8. The molecule has 0 aliphatic rings. The maximum Gasteiger partial charge on any atom is 0.272 e. The maximum absolute atomic E-state index is 13.8. The van der Waals surface area contributed by atoms with Gasteiger partial charge in [-0.3, -0.25) is 14.4 Å². The van der Waals surface area contributed by atoms with E-state index in [-0.39, 0.29) is 11.6 Å².